The van der Waals surface area contributed by atoms with Crippen LogP contribution in [0, 0.1) is 5.92 Å². The van der Waals surface area contributed by atoms with Crippen LogP contribution in [0.15, 0.2) is 29.2 Å². The lowest BCUT2D eigenvalue weighted by atomic mass is 9.87. The van der Waals surface area contributed by atoms with Gasteiger partial charge in [0.05, 0.1) is 18.1 Å². The second-order valence-corrected chi connectivity index (χ2v) is 8.56. The Balaban J connectivity index is 1.76. The first-order valence-electron chi connectivity index (χ1n) is 9.26. The molecule has 0 fully saturated rings. The Labute approximate surface area is 177 Å². The zero-order chi connectivity index (χ0) is 21.0. The molecule has 4 N–H and O–H groups in total. The van der Waals surface area contributed by atoms with E-state index in [9.17, 15) is 14.4 Å². The van der Waals surface area contributed by atoms with Gasteiger partial charge in [-0.3, -0.25) is 14.9 Å². The van der Waals surface area contributed by atoms with E-state index < -0.39 is 11.9 Å². The van der Waals surface area contributed by atoms with Crippen LogP contribution in [0.2, 0.25) is 0 Å². The number of thiophene rings is 1. The van der Waals surface area contributed by atoms with E-state index in [1.807, 2.05) is 30.5 Å². The number of carbonyl (C=O) groups excluding carboxylic acids is 3. The number of ether oxygens (including phenoxy) is 1. The van der Waals surface area contributed by atoms with Gasteiger partial charge in [0, 0.05) is 15.5 Å². The van der Waals surface area contributed by atoms with Crippen LogP contribution in [-0.4, -0.2) is 30.8 Å². The van der Waals surface area contributed by atoms with Gasteiger partial charge in [-0.15, -0.1) is 23.1 Å². The zero-order valence-corrected chi connectivity index (χ0v) is 17.9. The second-order valence-electron chi connectivity index (χ2n) is 6.57. The van der Waals surface area contributed by atoms with E-state index >= 15 is 0 Å². The van der Waals surface area contributed by atoms with Crippen LogP contribution < -0.4 is 16.4 Å². The molecular formula is C20H23N3O4S2. The number of hydrogen-bond acceptors (Lipinski definition) is 6. The van der Waals surface area contributed by atoms with Crippen molar-refractivity contribution in [3.63, 3.8) is 0 Å². The van der Waals surface area contributed by atoms with Crippen LogP contribution in [0.4, 0.5) is 15.5 Å². The monoisotopic (exact) mass is 433 g/mol. The largest absolute Gasteiger partial charge is 0.466 e. The van der Waals surface area contributed by atoms with Gasteiger partial charge in [0.2, 0.25) is 0 Å². The first kappa shape index (κ1) is 21.2. The molecule has 0 saturated heterocycles. The van der Waals surface area contributed by atoms with Crippen molar-refractivity contribution in [2.45, 2.75) is 31.1 Å². The van der Waals surface area contributed by atoms with E-state index in [1.54, 1.807) is 18.7 Å². The van der Waals surface area contributed by atoms with Crippen molar-refractivity contribution in [2.75, 3.05) is 23.5 Å². The Morgan fingerprint density at radius 3 is 2.59 bits per heavy atom. The highest BCUT2D eigenvalue weighted by atomic mass is 32.2. The van der Waals surface area contributed by atoms with Crippen LogP contribution in [0.1, 0.15) is 34.1 Å². The van der Waals surface area contributed by atoms with E-state index in [0.717, 1.165) is 15.3 Å². The van der Waals surface area contributed by atoms with Gasteiger partial charge in [-0.25, -0.2) is 4.79 Å². The summed E-state index contributed by atoms with van der Waals surface area (Å²) in [5, 5.41) is 5.90. The van der Waals surface area contributed by atoms with E-state index in [2.05, 4.69) is 10.6 Å². The molecule has 1 heterocycles. The van der Waals surface area contributed by atoms with Crippen LogP contribution in [0.3, 0.4) is 0 Å². The summed E-state index contributed by atoms with van der Waals surface area (Å²) in [5.41, 5.74) is 7.39. The summed E-state index contributed by atoms with van der Waals surface area (Å²) in [7, 11) is 0. The number of rotatable bonds is 6. The van der Waals surface area contributed by atoms with Gasteiger partial charge < -0.3 is 15.8 Å². The van der Waals surface area contributed by atoms with Gasteiger partial charge in [0.25, 0.3) is 5.91 Å². The summed E-state index contributed by atoms with van der Waals surface area (Å²) in [6, 6.07) is 6.99. The summed E-state index contributed by atoms with van der Waals surface area (Å²) >= 11 is 2.90. The van der Waals surface area contributed by atoms with Crippen LogP contribution >= 0.6 is 23.1 Å². The van der Waals surface area contributed by atoms with Gasteiger partial charge in [-0.2, -0.15) is 0 Å². The Morgan fingerprint density at radius 2 is 1.97 bits per heavy atom. The number of nitrogens with one attached hydrogen (secondary N) is 2. The fraction of sp³-hybridized carbons (Fsp3) is 0.350. The van der Waals surface area contributed by atoms with Crippen LogP contribution in [0.25, 0.3) is 0 Å². The van der Waals surface area contributed by atoms with Gasteiger partial charge in [-0.1, -0.05) is 0 Å². The summed E-state index contributed by atoms with van der Waals surface area (Å²) in [4.78, 5) is 38.5. The molecule has 3 amide bonds. The average Bonchev–Trinajstić information content (AvgIpc) is 3.05. The third-order valence-electron chi connectivity index (χ3n) is 4.71. The van der Waals surface area contributed by atoms with Crippen molar-refractivity contribution in [2.24, 2.45) is 11.7 Å². The maximum absolute atomic E-state index is 12.4. The number of hydrogen-bond donors (Lipinski definition) is 3. The molecule has 0 radical (unpaired) electrons. The van der Waals surface area contributed by atoms with E-state index in [4.69, 9.17) is 10.5 Å². The standard InChI is InChI=1S/C20H23N3O4S2/c1-3-27-19(25)11-4-9-14-15(10-11)29-18(16(14)17(21)24)23-20(26)22-12-5-7-13(28-2)8-6-12/h5-8,11H,3-4,9-10H2,1-2H3,(H2,21,24)(H2,22,23,26). The minimum absolute atomic E-state index is 0.229. The van der Waals surface area contributed by atoms with Crippen molar-refractivity contribution in [1.82, 2.24) is 0 Å². The number of carbonyl (C=O) groups is 3. The number of primary amides is 1. The number of urea groups is 1. The Bertz CT molecular complexity index is 925. The van der Waals surface area contributed by atoms with Gasteiger partial charge >= 0.3 is 12.0 Å². The summed E-state index contributed by atoms with van der Waals surface area (Å²) < 4.78 is 5.12. The van der Waals surface area contributed by atoms with Gasteiger partial charge in [-0.05, 0) is 62.3 Å². The second kappa shape index (κ2) is 9.32. The first-order valence-corrected chi connectivity index (χ1v) is 11.3. The minimum atomic E-state index is -0.586. The number of nitrogens with two attached hydrogens (primary N) is 1. The molecule has 154 valence electrons. The molecule has 3 rings (SSSR count). The third-order valence-corrected chi connectivity index (χ3v) is 6.62. The van der Waals surface area contributed by atoms with Gasteiger partial charge in [0.15, 0.2) is 0 Å². The Hall–Kier alpha value is -2.52. The Kier molecular flexibility index (Phi) is 6.81. The van der Waals surface area contributed by atoms with Crippen molar-refractivity contribution in [1.29, 1.82) is 0 Å². The van der Waals surface area contributed by atoms with Crippen molar-refractivity contribution in [3.05, 3.63) is 40.3 Å². The molecule has 0 aliphatic heterocycles. The summed E-state index contributed by atoms with van der Waals surface area (Å²) in [6.07, 6.45) is 3.60. The molecule has 0 spiro atoms. The molecule has 0 bridgehead atoms. The maximum atomic E-state index is 12.4. The van der Waals surface area contributed by atoms with E-state index in [1.165, 1.54) is 11.3 Å². The number of fused-ring (bicyclic) bond motifs is 1. The molecular weight excluding hydrogens is 410 g/mol. The molecule has 2 aromatic rings. The molecule has 29 heavy (non-hydrogen) atoms. The molecule has 7 nitrogen and oxygen atoms in total. The Morgan fingerprint density at radius 1 is 1.24 bits per heavy atom. The summed E-state index contributed by atoms with van der Waals surface area (Å²) in [5.74, 6) is -1.05. The number of benzene rings is 1. The highest BCUT2D eigenvalue weighted by Crippen LogP contribution is 2.40. The van der Waals surface area contributed by atoms with Crippen LogP contribution in [0.5, 0.6) is 0 Å². The maximum Gasteiger partial charge on any atom is 0.324 e. The molecule has 1 atom stereocenters. The molecule has 1 unspecified atom stereocenters. The van der Waals surface area contributed by atoms with E-state index in [0.29, 0.717) is 42.1 Å². The smallest absolute Gasteiger partial charge is 0.324 e. The predicted molar refractivity (Wildman–Crippen MR) is 116 cm³/mol. The van der Waals surface area contributed by atoms with Crippen molar-refractivity contribution >= 4 is 51.7 Å². The lowest BCUT2D eigenvalue weighted by Crippen LogP contribution is -2.25. The fourth-order valence-corrected chi connectivity index (χ4v) is 5.07. The molecule has 1 aromatic heterocycles. The third kappa shape index (κ3) is 4.91. The molecule has 9 heteroatoms. The quantitative estimate of drug-likeness (QED) is 0.473. The van der Waals surface area contributed by atoms with Crippen molar-refractivity contribution < 1.29 is 19.1 Å². The van der Waals surface area contributed by atoms with Crippen LogP contribution in [-0.2, 0) is 22.4 Å². The highest BCUT2D eigenvalue weighted by molar-refractivity contribution is 7.98. The number of anilines is 2. The molecule has 1 aliphatic carbocycles. The fourth-order valence-electron chi connectivity index (χ4n) is 3.34. The van der Waals surface area contributed by atoms with Gasteiger partial charge in [0.1, 0.15) is 5.00 Å². The van der Waals surface area contributed by atoms with Crippen molar-refractivity contribution in [3.8, 4) is 0 Å². The number of amides is 3. The molecule has 1 aliphatic rings. The molecule has 0 saturated carbocycles. The highest BCUT2D eigenvalue weighted by Gasteiger charge is 2.32. The number of thioether (sulfide) groups is 1. The zero-order valence-electron chi connectivity index (χ0n) is 16.2. The lowest BCUT2D eigenvalue weighted by Gasteiger charge is -2.20. The average molecular weight is 434 g/mol. The topological polar surface area (TPSA) is 111 Å². The number of esters is 1. The first-order chi connectivity index (χ1) is 13.9. The SMILES string of the molecule is CCOC(=O)C1CCc2c(sc(NC(=O)Nc3ccc(SC)cc3)c2C(N)=O)C1. The molecule has 1 aromatic carbocycles. The minimum Gasteiger partial charge on any atom is -0.466 e. The summed E-state index contributed by atoms with van der Waals surface area (Å²) in [6.45, 7) is 2.11. The van der Waals surface area contributed by atoms with E-state index in [-0.39, 0.29) is 11.9 Å². The predicted octanol–water partition coefficient (Wildman–Crippen LogP) is 3.88. The normalized spacial score (nSPS) is 15.3. The lowest BCUT2D eigenvalue weighted by molar-refractivity contribution is -0.148.